The molecule has 0 unspecified atom stereocenters. The topological polar surface area (TPSA) is 53.6 Å². The predicted molar refractivity (Wildman–Crippen MR) is 125 cm³/mol. The Balaban J connectivity index is 1.81. The molecule has 3 N–H and O–H groups in total. The van der Waals surface area contributed by atoms with E-state index >= 15 is 0 Å². The molecule has 0 saturated heterocycles. The minimum Gasteiger partial charge on any atom is -0.357 e. The highest BCUT2D eigenvalue weighted by Gasteiger charge is 2.15. The summed E-state index contributed by atoms with van der Waals surface area (Å²) >= 11 is 0. The molecule has 0 aromatic carbocycles. The van der Waals surface area contributed by atoms with E-state index in [0.29, 0.717) is 0 Å². The summed E-state index contributed by atoms with van der Waals surface area (Å²) in [6.45, 7) is 8.14. The molecule has 0 aliphatic carbocycles. The van der Waals surface area contributed by atoms with Crippen molar-refractivity contribution in [2.45, 2.75) is 110 Å². The fourth-order valence-corrected chi connectivity index (χ4v) is 4.10. The van der Waals surface area contributed by atoms with Crippen molar-refractivity contribution in [3.63, 3.8) is 0 Å². The predicted octanol–water partition coefficient (Wildman–Crippen LogP) is 5.51. The molecule has 1 rings (SSSR count). The van der Waals surface area contributed by atoms with Crippen molar-refractivity contribution in [3.05, 3.63) is 0 Å². The van der Waals surface area contributed by atoms with Gasteiger partial charge in [-0.1, -0.05) is 96.8 Å². The largest absolute Gasteiger partial charge is 0.357 e. The summed E-state index contributed by atoms with van der Waals surface area (Å²) in [5.74, 6) is 1.35. The van der Waals surface area contributed by atoms with Gasteiger partial charge in [0.15, 0.2) is 0 Å². The smallest absolute Gasteiger partial charge is 0.0990 e. The van der Waals surface area contributed by atoms with Gasteiger partial charge in [-0.3, -0.25) is 4.99 Å². The van der Waals surface area contributed by atoms with Gasteiger partial charge in [-0.15, -0.1) is 0 Å². The van der Waals surface area contributed by atoms with Crippen molar-refractivity contribution in [2.75, 3.05) is 39.3 Å². The molecule has 0 radical (unpaired) electrons. The van der Waals surface area contributed by atoms with E-state index in [0.717, 1.165) is 39.3 Å². The Bertz CT molecular complexity index is 357. The molecular weight excluding hydrogens is 344 g/mol. The third-order valence-corrected chi connectivity index (χ3v) is 5.91. The minimum absolute atomic E-state index is 0.722. The van der Waals surface area contributed by atoms with Crippen molar-refractivity contribution in [1.29, 1.82) is 0 Å². The van der Waals surface area contributed by atoms with Crippen molar-refractivity contribution in [3.8, 4) is 0 Å². The first-order chi connectivity index (χ1) is 13.9. The van der Waals surface area contributed by atoms with Crippen LogP contribution in [0.15, 0.2) is 4.99 Å². The van der Waals surface area contributed by atoms with E-state index in [1.165, 1.54) is 109 Å². The molecule has 0 saturated carbocycles. The highest BCUT2D eigenvalue weighted by Crippen LogP contribution is 2.15. The van der Waals surface area contributed by atoms with E-state index in [1.807, 2.05) is 0 Å². The molecule has 0 aromatic rings. The Morgan fingerprint density at radius 1 is 0.786 bits per heavy atom. The van der Waals surface area contributed by atoms with E-state index in [2.05, 4.69) is 17.1 Å². The van der Waals surface area contributed by atoms with Crippen molar-refractivity contribution in [2.24, 2.45) is 10.7 Å². The number of hydrogen-bond donors (Lipinski definition) is 2. The maximum atomic E-state index is 5.52. The fraction of sp³-hybridized carbons (Fsp3) is 0.958. The lowest BCUT2D eigenvalue weighted by atomic mass is 10.0. The van der Waals surface area contributed by atoms with Gasteiger partial charge < -0.3 is 16.0 Å². The van der Waals surface area contributed by atoms with E-state index in [4.69, 9.17) is 10.7 Å². The zero-order chi connectivity index (χ0) is 20.1. The van der Waals surface area contributed by atoms with Crippen LogP contribution in [0.4, 0.5) is 0 Å². The summed E-state index contributed by atoms with van der Waals surface area (Å²) < 4.78 is 0. The Labute approximate surface area is 176 Å². The summed E-state index contributed by atoms with van der Waals surface area (Å²) in [6, 6.07) is 0. The van der Waals surface area contributed by atoms with E-state index < -0.39 is 0 Å². The summed E-state index contributed by atoms with van der Waals surface area (Å²) in [7, 11) is 0. The Morgan fingerprint density at radius 3 is 1.86 bits per heavy atom. The molecule has 1 aliphatic rings. The van der Waals surface area contributed by atoms with E-state index in [-0.39, 0.29) is 0 Å². The molecule has 1 aliphatic heterocycles. The Kier molecular flexibility index (Phi) is 17.9. The van der Waals surface area contributed by atoms with Crippen molar-refractivity contribution < 1.29 is 0 Å². The monoisotopic (exact) mass is 394 g/mol. The first-order valence-corrected chi connectivity index (χ1v) is 12.6. The molecule has 28 heavy (non-hydrogen) atoms. The standard InChI is InChI=1S/C24H50N4/c1-2-3-4-5-6-7-8-9-10-11-12-13-14-15-16-17-24-27-21-23-28(24)22-20-26-19-18-25/h26H,2-23,25H2,1H3. The second-order valence-electron chi connectivity index (χ2n) is 8.52. The van der Waals surface area contributed by atoms with Crippen LogP contribution in [0.25, 0.3) is 0 Å². The summed E-state index contributed by atoms with van der Waals surface area (Å²) in [4.78, 5) is 7.18. The average Bonchev–Trinajstić information content (AvgIpc) is 3.15. The fourth-order valence-electron chi connectivity index (χ4n) is 4.10. The van der Waals surface area contributed by atoms with Gasteiger partial charge >= 0.3 is 0 Å². The SMILES string of the molecule is CCCCCCCCCCCCCCCCCC1=NCCN1CCNCCN. The second-order valence-corrected chi connectivity index (χ2v) is 8.52. The molecular formula is C24H50N4. The number of amidine groups is 1. The van der Waals surface area contributed by atoms with Crippen LogP contribution in [-0.2, 0) is 0 Å². The van der Waals surface area contributed by atoms with Gasteiger partial charge in [-0.05, 0) is 6.42 Å². The molecule has 0 spiro atoms. The molecule has 0 atom stereocenters. The highest BCUT2D eigenvalue weighted by molar-refractivity contribution is 5.83. The third kappa shape index (κ3) is 14.4. The first-order valence-electron chi connectivity index (χ1n) is 12.6. The summed E-state index contributed by atoms with van der Waals surface area (Å²) in [5, 5.41) is 3.38. The van der Waals surface area contributed by atoms with Crippen LogP contribution in [0.3, 0.4) is 0 Å². The van der Waals surface area contributed by atoms with Crippen LogP contribution < -0.4 is 11.1 Å². The number of unbranched alkanes of at least 4 members (excludes halogenated alkanes) is 14. The van der Waals surface area contributed by atoms with Gasteiger partial charge in [0.05, 0.1) is 12.4 Å². The van der Waals surface area contributed by atoms with E-state index in [9.17, 15) is 0 Å². The number of nitrogens with one attached hydrogen (secondary N) is 1. The maximum absolute atomic E-state index is 5.52. The number of hydrogen-bond acceptors (Lipinski definition) is 4. The van der Waals surface area contributed by atoms with Gasteiger partial charge in [-0.2, -0.15) is 0 Å². The average molecular weight is 395 g/mol. The lowest BCUT2D eigenvalue weighted by Gasteiger charge is -2.20. The van der Waals surface area contributed by atoms with Crippen LogP contribution in [0.5, 0.6) is 0 Å². The van der Waals surface area contributed by atoms with Gasteiger partial charge in [0.1, 0.15) is 0 Å². The number of aliphatic imine (C=N–C) groups is 1. The van der Waals surface area contributed by atoms with Crippen LogP contribution in [0, 0.1) is 0 Å². The second kappa shape index (κ2) is 19.7. The van der Waals surface area contributed by atoms with Gasteiger partial charge in [0, 0.05) is 39.1 Å². The van der Waals surface area contributed by atoms with Gasteiger partial charge in [0.2, 0.25) is 0 Å². The van der Waals surface area contributed by atoms with Crippen LogP contribution in [0.1, 0.15) is 110 Å². The zero-order valence-electron chi connectivity index (χ0n) is 19.0. The van der Waals surface area contributed by atoms with E-state index in [1.54, 1.807) is 0 Å². The number of rotatable bonds is 21. The Morgan fingerprint density at radius 2 is 1.32 bits per heavy atom. The molecule has 0 bridgehead atoms. The molecule has 166 valence electrons. The number of nitrogens with two attached hydrogens (primary N) is 1. The molecule has 0 aromatic heterocycles. The van der Waals surface area contributed by atoms with Crippen LogP contribution >= 0.6 is 0 Å². The van der Waals surface area contributed by atoms with Crippen molar-refractivity contribution >= 4 is 5.84 Å². The molecule has 4 heteroatoms. The van der Waals surface area contributed by atoms with Crippen LogP contribution in [-0.4, -0.2) is 50.0 Å². The lowest BCUT2D eigenvalue weighted by Crippen LogP contribution is -2.36. The lowest BCUT2D eigenvalue weighted by molar-refractivity contribution is 0.435. The summed E-state index contributed by atoms with van der Waals surface area (Å²) in [5.41, 5.74) is 5.52. The Hall–Kier alpha value is -0.610. The highest BCUT2D eigenvalue weighted by atomic mass is 15.2. The van der Waals surface area contributed by atoms with Gasteiger partial charge in [-0.25, -0.2) is 0 Å². The molecule has 0 fully saturated rings. The quantitative estimate of drug-likeness (QED) is 0.252. The van der Waals surface area contributed by atoms with Gasteiger partial charge in [0.25, 0.3) is 0 Å². The first kappa shape index (κ1) is 25.4. The molecule has 0 amide bonds. The minimum atomic E-state index is 0.722. The molecule has 1 heterocycles. The maximum Gasteiger partial charge on any atom is 0.0990 e. The number of nitrogens with zero attached hydrogens (tertiary/aromatic N) is 2. The normalized spacial score (nSPS) is 14.1. The summed E-state index contributed by atoms with van der Waals surface area (Å²) in [6.07, 6.45) is 22.6. The third-order valence-electron chi connectivity index (χ3n) is 5.91. The van der Waals surface area contributed by atoms with Crippen LogP contribution in [0.2, 0.25) is 0 Å². The van der Waals surface area contributed by atoms with Crippen molar-refractivity contribution in [1.82, 2.24) is 10.2 Å². The zero-order valence-corrected chi connectivity index (χ0v) is 19.0. The molecule has 4 nitrogen and oxygen atoms in total.